The Morgan fingerprint density at radius 2 is 2.25 bits per heavy atom. The summed E-state index contributed by atoms with van der Waals surface area (Å²) in [5.41, 5.74) is 0.568. The standard InChI is InChI=1S/C8H9NO3/c1-4(2)7-9-6(8(10)11)5(3)12-7/h1H2,2-3H3,(H,10,11). The number of rotatable bonds is 2. The molecule has 0 saturated heterocycles. The number of oxazole rings is 1. The first-order chi connectivity index (χ1) is 5.52. The second-order valence-electron chi connectivity index (χ2n) is 2.51. The zero-order valence-electron chi connectivity index (χ0n) is 6.92. The average molecular weight is 167 g/mol. The molecule has 4 nitrogen and oxygen atoms in total. The van der Waals surface area contributed by atoms with E-state index in [-0.39, 0.29) is 11.6 Å². The number of aromatic carboxylic acids is 1. The van der Waals surface area contributed by atoms with Gasteiger partial charge in [-0.1, -0.05) is 6.58 Å². The summed E-state index contributed by atoms with van der Waals surface area (Å²) in [5, 5.41) is 8.61. The van der Waals surface area contributed by atoms with Crippen LogP contribution in [0.5, 0.6) is 0 Å². The van der Waals surface area contributed by atoms with E-state index in [0.29, 0.717) is 11.3 Å². The van der Waals surface area contributed by atoms with Crippen molar-refractivity contribution in [2.75, 3.05) is 0 Å². The highest BCUT2D eigenvalue weighted by atomic mass is 16.4. The van der Waals surface area contributed by atoms with Gasteiger partial charge in [0.15, 0.2) is 5.69 Å². The Bertz CT molecular complexity index is 338. The SMILES string of the molecule is C=C(C)c1nc(C(=O)O)c(C)o1. The first-order valence-electron chi connectivity index (χ1n) is 3.39. The Morgan fingerprint density at radius 1 is 1.67 bits per heavy atom. The number of aryl methyl sites for hydroxylation is 1. The molecule has 0 aliphatic heterocycles. The van der Waals surface area contributed by atoms with Crippen LogP contribution in [-0.2, 0) is 0 Å². The molecule has 0 radical (unpaired) electrons. The topological polar surface area (TPSA) is 63.3 Å². The lowest BCUT2D eigenvalue weighted by molar-refractivity contribution is 0.0689. The van der Waals surface area contributed by atoms with Crippen molar-refractivity contribution in [3.63, 3.8) is 0 Å². The molecule has 4 heteroatoms. The first-order valence-corrected chi connectivity index (χ1v) is 3.39. The van der Waals surface area contributed by atoms with Gasteiger partial charge in [0, 0.05) is 5.57 Å². The van der Waals surface area contributed by atoms with Gasteiger partial charge in [0.05, 0.1) is 0 Å². The predicted molar refractivity (Wildman–Crippen MR) is 42.9 cm³/mol. The molecule has 1 N–H and O–H groups in total. The van der Waals surface area contributed by atoms with Gasteiger partial charge in [-0.15, -0.1) is 0 Å². The lowest BCUT2D eigenvalue weighted by Crippen LogP contribution is -1.98. The minimum atomic E-state index is -1.08. The molecule has 1 heterocycles. The van der Waals surface area contributed by atoms with Crippen LogP contribution in [0.3, 0.4) is 0 Å². The molecule has 0 spiro atoms. The van der Waals surface area contributed by atoms with E-state index >= 15 is 0 Å². The molecule has 0 bridgehead atoms. The Kier molecular flexibility index (Phi) is 1.99. The molecular formula is C8H9NO3. The van der Waals surface area contributed by atoms with Gasteiger partial charge in [-0.05, 0) is 13.8 Å². The van der Waals surface area contributed by atoms with E-state index in [1.165, 1.54) is 0 Å². The average Bonchev–Trinajstić information content (AvgIpc) is 2.30. The van der Waals surface area contributed by atoms with E-state index in [0.717, 1.165) is 0 Å². The zero-order valence-corrected chi connectivity index (χ0v) is 6.92. The number of nitrogens with zero attached hydrogens (tertiary/aromatic N) is 1. The minimum Gasteiger partial charge on any atom is -0.476 e. The van der Waals surface area contributed by atoms with E-state index in [2.05, 4.69) is 11.6 Å². The van der Waals surface area contributed by atoms with Gasteiger partial charge >= 0.3 is 5.97 Å². The second-order valence-corrected chi connectivity index (χ2v) is 2.51. The lowest BCUT2D eigenvalue weighted by Gasteiger charge is -1.85. The molecule has 0 saturated carbocycles. The summed E-state index contributed by atoms with van der Waals surface area (Å²) in [6, 6.07) is 0. The van der Waals surface area contributed by atoms with Gasteiger partial charge < -0.3 is 9.52 Å². The smallest absolute Gasteiger partial charge is 0.358 e. The minimum absolute atomic E-state index is 0.0481. The normalized spacial score (nSPS) is 9.83. The molecule has 12 heavy (non-hydrogen) atoms. The highest BCUT2D eigenvalue weighted by Crippen LogP contribution is 2.15. The first kappa shape index (κ1) is 8.52. The predicted octanol–water partition coefficient (Wildman–Crippen LogP) is 1.71. The number of hydrogen-bond acceptors (Lipinski definition) is 3. The highest BCUT2D eigenvalue weighted by molar-refractivity contribution is 5.86. The quantitative estimate of drug-likeness (QED) is 0.728. The van der Waals surface area contributed by atoms with E-state index in [9.17, 15) is 4.79 Å². The molecule has 1 rings (SSSR count). The molecule has 0 amide bonds. The molecule has 1 aromatic heterocycles. The molecule has 0 aliphatic carbocycles. The number of aromatic nitrogens is 1. The third-order valence-electron chi connectivity index (χ3n) is 1.36. The molecule has 1 aromatic rings. The molecule has 0 unspecified atom stereocenters. The number of carbonyl (C=O) groups is 1. The Labute approximate surface area is 69.5 Å². The third kappa shape index (κ3) is 1.37. The molecule has 0 fully saturated rings. The number of carboxylic acid groups (broad SMARTS) is 1. The van der Waals surface area contributed by atoms with Crippen LogP contribution in [0, 0.1) is 6.92 Å². The summed E-state index contributed by atoms with van der Waals surface area (Å²) in [4.78, 5) is 14.2. The van der Waals surface area contributed by atoms with Gasteiger partial charge in [-0.2, -0.15) is 0 Å². The molecule has 64 valence electrons. The Balaban J connectivity index is 3.17. The van der Waals surface area contributed by atoms with Crippen LogP contribution in [0.1, 0.15) is 29.1 Å². The maximum absolute atomic E-state index is 10.5. The van der Waals surface area contributed by atoms with E-state index < -0.39 is 5.97 Å². The summed E-state index contributed by atoms with van der Waals surface area (Å²) in [6.07, 6.45) is 0. The maximum Gasteiger partial charge on any atom is 0.358 e. The van der Waals surface area contributed by atoms with Crippen molar-refractivity contribution in [1.29, 1.82) is 0 Å². The largest absolute Gasteiger partial charge is 0.476 e. The number of carboxylic acids is 1. The summed E-state index contributed by atoms with van der Waals surface area (Å²) >= 11 is 0. The van der Waals surface area contributed by atoms with Crippen LogP contribution in [0.2, 0.25) is 0 Å². The van der Waals surface area contributed by atoms with Gasteiger partial charge in [-0.3, -0.25) is 0 Å². The van der Waals surface area contributed by atoms with Crippen molar-refractivity contribution in [3.05, 3.63) is 23.9 Å². The van der Waals surface area contributed by atoms with Crippen LogP contribution in [0.25, 0.3) is 5.57 Å². The van der Waals surface area contributed by atoms with Crippen molar-refractivity contribution >= 4 is 11.5 Å². The van der Waals surface area contributed by atoms with E-state index in [4.69, 9.17) is 9.52 Å². The van der Waals surface area contributed by atoms with Gasteiger partial charge in [0.25, 0.3) is 0 Å². The second kappa shape index (κ2) is 2.81. The summed E-state index contributed by atoms with van der Waals surface area (Å²) in [5.74, 6) is -0.492. The fourth-order valence-corrected chi connectivity index (χ4v) is 0.777. The molecule has 0 atom stereocenters. The van der Waals surface area contributed by atoms with Crippen LogP contribution in [0.4, 0.5) is 0 Å². The summed E-state index contributed by atoms with van der Waals surface area (Å²) in [7, 11) is 0. The number of allylic oxidation sites excluding steroid dienone is 1. The van der Waals surface area contributed by atoms with Crippen molar-refractivity contribution in [3.8, 4) is 0 Å². The van der Waals surface area contributed by atoms with Crippen LogP contribution >= 0.6 is 0 Å². The lowest BCUT2D eigenvalue weighted by atomic mass is 10.3. The van der Waals surface area contributed by atoms with Crippen molar-refractivity contribution in [1.82, 2.24) is 4.98 Å². The van der Waals surface area contributed by atoms with E-state index in [1.54, 1.807) is 13.8 Å². The maximum atomic E-state index is 10.5. The summed E-state index contributed by atoms with van der Waals surface area (Å²) in [6.45, 7) is 6.85. The monoisotopic (exact) mass is 167 g/mol. The Morgan fingerprint density at radius 3 is 2.50 bits per heavy atom. The van der Waals surface area contributed by atoms with Gasteiger partial charge in [0.1, 0.15) is 5.76 Å². The fraction of sp³-hybridized carbons (Fsp3) is 0.250. The van der Waals surface area contributed by atoms with Crippen molar-refractivity contribution in [2.24, 2.45) is 0 Å². The van der Waals surface area contributed by atoms with E-state index in [1.807, 2.05) is 0 Å². The fourth-order valence-electron chi connectivity index (χ4n) is 0.777. The van der Waals surface area contributed by atoms with Crippen molar-refractivity contribution < 1.29 is 14.3 Å². The van der Waals surface area contributed by atoms with Gasteiger partial charge in [0.2, 0.25) is 5.89 Å². The highest BCUT2D eigenvalue weighted by Gasteiger charge is 2.15. The molecular weight excluding hydrogens is 158 g/mol. The zero-order chi connectivity index (χ0) is 9.30. The number of hydrogen-bond donors (Lipinski definition) is 1. The third-order valence-corrected chi connectivity index (χ3v) is 1.36. The van der Waals surface area contributed by atoms with Crippen LogP contribution < -0.4 is 0 Å². The van der Waals surface area contributed by atoms with Crippen molar-refractivity contribution in [2.45, 2.75) is 13.8 Å². The van der Waals surface area contributed by atoms with Gasteiger partial charge in [-0.25, -0.2) is 9.78 Å². The van der Waals surface area contributed by atoms with Crippen LogP contribution in [0.15, 0.2) is 11.0 Å². The molecule has 0 aliphatic rings. The Hall–Kier alpha value is -1.58. The summed E-state index contributed by atoms with van der Waals surface area (Å²) < 4.78 is 5.05. The molecule has 0 aromatic carbocycles. The van der Waals surface area contributed by atoms with Crippen LogP contribution in [-0.4, -0.2) is 16.1 Å².